The molecule has 5 atom stereocenters. The number of nitrogens with one attached hydrogen (secondary N) is 1. The summed E-state index contributed by atoms with van der Waals surface area (Å²) in [4.78, 5) is 24.4. The number of rotatable bonds is 4. The fourth-order valence-electron chi connectivity index (χ4n) is 3.92. The molecule has 0 aromatic carbocycles. The number of aromatic nitrogens is 4. The number of fused-ring (bicyclic) bond motifs is 1. The third-order valence-electron chi connectivity index (χ3n) is 5.47. The van der Waals surface area contributed by atoms with Gasteiger partial charge in [0.05, 0.1) is 6.33 Å². The minimum absolute atomic E-state index is 0.00688. The Bertz CT molecular complexity index is 854. The van der Waals surface area contributed by atoms with E-state index in [1.807, 2.05) is 0 Å². The molecule has 0 spiro atoms. The third kappa shape index (κ3) is 3.30. The average molecular weight is 392 g/mol. The molecule has 152 valence electrons. The molecule has 2 aliphatic rings. The van der Waals surface area contributed by atoms with Crippen molar-refractivity contribution in [3.63, 3.8) is 0 Å². The monoisotopic (exact) mass is 392 g/mol. The molecule has 6 N–H and O–H groups in total. The van der Waals surface area contributed by atoms with Crippen molar-refractivity contribution in [1.29, 1.82) is 0 Å². The molecular formula is C17H24N6O5. The van der Waals surface area contributed by atoms with Crippen molar-refractivity contribution in [3.05, 3.63) is 12.7 Å². The first-order chi connectivity index (χ1) is 13.5. The molecule has 1 aliphatic heterocycles. The zero-order valence-corrected chi connectivity index (χ0v) is 15.2. The van der Waals surface area contributed by atoms with Gasteiger partial charge >= 0.3 is 0 Å². The molecule has 28 heavy (non-hydrogen) atoms. The number of anilines is 1. The van der Waals surface area contributed by atoms with E-state index in [1.54, 1.807) is 0 Å². The molecule has 1 amide bonds. The van der Waals surface area contributed by atoms with Crippen molar-refractivity contribution in [2.24, 2.45) is 0 Å². The van der Waals surface area contributed by atoms with E-state index in [9.17, 15) is 20.1 Å². The van der Waals surface area contributed by atoms with E-state index in [1.165, 1.54) is 17.2 Å². The van der Waals surface area contributed by atoms with Crippen LogP contribution in [-0.4, -0.2) is 71.2 Å². The van der Waals surface area contributed by atoms with Crippen LogP contribution in [-0.2, 0) is 9.53 Å². The number of imidazole rings is 1. The van der Waals surface area contributed by atoms with Crippen LogP contribution < -0.4 is 11.1 Å². The number of nitrogens with zero attached hydrogens (tertiary/aromatic N) is 4. The van der Waals surface area contributed by atoms with Crippen molar-refractivity contribution < 1.29 is 24.9 Å². The maximum Gasteiger partial charge on any atom is 0.251 e. The van der Waals surface area contributed by atoms with Crippen LogP contribution in [0, 0.1) is 0 Å². The number of nitrogens with two attached hydrogens (primary N) is 1. The van der Waals surface area contributed by atoms with E-state index in [0.717, 1.165) is 32.1 Å². The fourth-order valence-corrected chi connectivity index (χ4v) is 3.92. The van der Waals surface area contributed by atoms with Crippen LogP contribution in [0.15, 0.2) is 12.7 Å². The standard InChI is InChI=1S/C17H24N6O5/c18-14-9-15(20-6-19-14)23(7-21-9)17-11(25)10(24)13(28-17)12(26)16(27)22-8-4-2-1-3-5-8/h6-8,10-13,17,24-26H,1-5H2,(H,22,27)(H2,18,19,20)/t10-,11+,12?,13-,17+/m0/s1. The third-order valence-corrected chi connectivity index (χ3v) is 5.47. The van der Waals surface area contributed by atoms with Crippen LogP contribution in [0.2, 0.25) is 0 Å². The molecule has 11 nitrogen and oxygen atoms in total. The van der Waals surface area contributed by atoms with E-state index in [4.69, 9.17) is 10.5 Å². The lowest BCUT2D eigenvalue weighted by Gasteiger charge is -2.26. The predicted molar refractivity (Wildman–Crippen MR) is 96.7 cm³/mol. The van der Waals surface area contributed by atoms with Crippen LogP contribution in [0.1, 0.15) is 38.3 Å². The molecular weight excluding hydrogens is 368 g/mol. The summed E-state index contributed by atoms with van der Waals surface area (Å²) in [5, 5.41) is 34.0. The summed E-state index contributed by atoms with van der Waals surface area (Å²) in [6.45, 7) is 0. The van der Waals surface area contributed by atoms with Gasteiger partial charge in [-0.2, -0.15) is 0 Å². The number of aliphatic hydroxyl groups is 3. The van der Waals surface area contributed by atoms with Gasteiger partial charge in [-0.1, -0.05) is 19.3 Å². The highest BCUT2D eigenvalue weighted by molar-refractivity contribution is 5.82. The minimum Gasteiger partial charge on any atom is -0.387 e. The molecule has 1 unspecified atom stereocenters. The minimum atomic E-state index is -1.62. The predicted octanol–water partition coefficient (Wildman–Crippen LogP) is -1.16. The Morgan fingerprint density at radius 1 is 1.21 bits per heavy atom. The number of carbonyl (C=O) groups is 1. The SMILES string of the molecule is Nc1ncnc2c1ncn2[C@@H]1O[C@H](C(O)C(=O)NC2CCCCC2)[C@@H](O)[C@H]1O. The van der Waals surface area contributed by atoms with E-state index in [0.29, 0.717) is 11.2 Å². The van der Waals surface area contributed by atoms with Gasteiger partial charge in [-0.3, -0.25) is 9.36 Å². The molecule has 11 heteroatoms. The molecule has 0 bridgehead atoms. The van der Waals surface area contributed by atoms with Gasteiger partial charge in [-0.15, -0.1) is 0 Å². The molecule has 3 heterocycles. The number of aliphatic hydroxyl groups excluding tert-OH is 3. The van der Waals surface area contributed by atoms with Crippen LogP contribution >= 0.6 is 0 Å². The molecule has 1 saturated heterocycles. The smallest absolute Gasteiger partial charge is 0.251 e. The highest BCUT2D eigenvalue weighted by atomic mass is 16.6. The first kappa shape index (κ1) is 19.0. The summed E-state index contributed by atoms with van der Waals surface area (Å²) in [7, 11) is 0. The van der Waals surface area contributed by atoms with Crippen molar-refractivity contribution in [3.8, 4) is 0 Å². The molecule has 2 aromatic rings. The van der Waals surface area contributed by atoms with Crippen molar-refractivity contribution in [2.75, 3.05) is 5.73 Å². The maximum atomic E-state index is 12.4. The average Bonchev–Trinajstić information content (AvgIpc) is 3.25. The Kier molecular flexibility index (Phi) is 5.15. The fraction of sp³-hybridized carbons (Fsp3) is 0.647. The first-order valence-corrected chi connectivity index (χ1v) is 9.40. The van der Waals surface area contributed by atoms with Gasteiger partial charge in [0.1, 0.15) is 30.2 Å². The number of ether oxygens (including phenoxy) is 1. The van der Waals surface area contributed by atoms with Crippen LogP contribution in [0.25, 0.3) is 11.2 Å². The Morgan fingerprint density at radius 2 is 1.96 bits per heavy atom. The van der Waals surface area contributed by atoms with Crippen LogP contribution in [0.5, 0.6) is 0 Å². The van der Waals surface area contributed by atoms with E-state index >= 15 is 0 Å². The molecule has 0 radical (unpaired) electrons. The molecule has 1 aliphatic carbocycles. The van der Waals surface area contributed by atoms with Gasteiger partial charge in [0, 0.05) is 6.04 Å². The lowest BCUT2D eigenvalue weighted by Crippen LogP contribution is -2.50. The Hall–Kier alpha value is -2.34. The van der Waals surface area contributed by atoms with Gasteiger partial charge in [0.2, 0.25) is 0 Å². The summed E-state index contributed by atoms with van der Waals surface area (Å²) in [5.74, 6) is -0.453. The van der Waals surface area contributed by atoms with Crippen molar-refractivity contribution in [2.45, 2.75) is 68.8 Å². The second kappa shape index (κ2) is 7.59. The maximum absolute atomic E-state index is 12.4. The Morgan fingerprint density at radius 3 is 2.71 bits per heavy atom. The first-order valence-electron chi connectivity index (χ1n) is 9.40. The van der Waals surface area contributed by atoms with Crippen LogP contribution in [0.3, 0.4) is 0 Å². The van der Waals surface area contributed by atoms with E-state index in [-0.39, 0.29) is 11.9 Å². The largest absolute Gasteiger partial charge is 0.387 e. The van der Waals surface area contributed by atoms with Gasteiger partial charge in [0.15, 0.2) is 23.8 Å². The summed E-state index contributed by atoms with van der Waals surface area (Å²) >= 11 is 0. The topological polar surface area (TPSA) is 169 Å². The molecule has 2 aromatic heterocycles. The van der Waals surface area contributed by atoms with Gasteiger partial charge in [-0.05, 0) is 12.8 Å². The van der Waals surface area contributed by atoms with Crippen LogP contribution in [0.4, 0.5) is 5.82 Å². The Balaban J connectivity index is 1.50. The highest BCUT2D eigenvalue weighted by Crippen LogP contribution is 2.33. The molecule has 2 fully saturated rings. The van der Waals surface area contributed by atoms with Gasteiger partial charge in [0.25, 0.3) is 5.91 Å². The molecule has 4 rings (SSSR count). The van der Waals surface area contributed by atoms with Crippen molar-refractivity contribution in [1.82, 2.24) is 24.8 Å². The number of carbonyl (C=O) groups excluding carboxylic acids is 1. The Labute approximate surface area is 160 Å². The zero-order chi connectivity index (χ0) is 19.8. The number of amides is 1. The van der Waals surface area contributed by atoms with Gasteiger partial charge in [-0.25, -0.2) is 15.0 Å². The second-order valence-electron chi connectivity index (χ2n) is 7.34. The summed E-state index contributed by atoms with van der Waals surface area (Å²) in [6.07, 6.45) is 0.670. The van der Waals surface area contributed by atoms with Crippen molar-refractivity contribution >= 4 is 22.9 Å². The summed E-state index contributed by atoms with van der Waals surface area (Å²) < 4.78 is 7.06. The quantitative estimate of drug-likeness (QED) is 0.431. The zero-order valence-electron chi connectivity index (χ0n) is 15.2. The second-order valence-corrected chi connectivity index (χ2v) is 7.34. The van der Waals surface area contributed by atoms with E-state index < -0.39 is 36.6 Å². The summed E-state index contributed by atoms with van der Waals surface area (Å²) in [5.41, 5.74) is 6.40. The summed E-state index contributed by atoms with van der Waals surface area (Å²) in [6, 6.07) is 0.00688. The van der Waals surface area contributed by atoms with E-state index in [2.05, 4.69) is 20.3 Å². The lowest BCUT2D eigenvalue weighted by molar-refractivity contribution is -0.144. The molecule has 1 saturated carbocycles. The number of hydrogen-bond acceptors (Lipinski definition) is 9. The highest BCUT2D eigenvalue weighted by Gasteiger charge is 2.49. The number of hydrogen-bond donors (Lipinski definition) is 5. The number of nitrogen functional groups attached to an aromatic ring is 1. The normalized spacial score (nSPS) is 29.8. The van der Waals surface area contributed by atoms with Gasteiger partial charge < -0.3 is 31.1 Å². The lowest BCUT2D eigenvalue weighted by atomic mass is 9.95.